The third kappa shape index (κ3) is 9.22. The van der Waals surface area contributed by atoms with Crippen molar-refractivity contribution < 1.29 is 23.2 Å². The van der Waals surface area contributed by atoms with E-state index < -0.39 is 31.2 Å². The number of amides is 2. The van der Waals surface area contributed by atoms with E-state index in [1.807, 2.05) is 0 Å². The van der Waals surface area contributed by atoms with E-state index in [0.29, 0.717) is 35.7 Å². The fourth-order valence-corrected chi connectivity index (χ4v) is 5.46. The lowest BCUT2D eigenvalue weighted by atomic mass is 10.1. The van der Waals surface area contributed by atoms with Crippen molar-refractivity contribution in [1.82, 2.24) is 40.5 Å². The number of pyridine rings is 2. The topological polar surface area (TPSA) is 211 Å². The molecule has 0 aliphatic rings. The Morgan fingerprint density at radius 3 is 1.38 bits per heavy atom. The molecule has 2 amide bonds. The first-order chi connectivity index (χ1) is 25.3. The number of hydrogen-bond acceptors (Lipinski definition) is 11. The van der Waals surface area contributed by atoms with E-state index in [1.165, 1.54) is 12.4 Å². The number of benzene rings is 2. The van der Waals surface area contributed by atoms with Crippen molar-refractivity contribution in [3.63, 3.8) is 0 Å². The zero-order valence-electron chi connectivity index (χ0n) is 27.3. The van der Waals surface area contributed by atoms with Crippen LogP contribution in [0.3, 0.4) is 0 Å². The molecule has 4 N–H and O–H groups in total. The SMILES string of the molecule is O=C(NCCc1ccc(O[P+](=O)Oc2ccc(CCNC(=O)c3cnc(-c4ccccn4)[nH]c3=O)cc2)cc1)c1cnc(-c2ccccn2)[nH]c1=O. The molecule has 0 fully saturated rings. The minimum absolute atomic E-state index is 0.109. The summed E-state index contributed by atoms with van der Waals surface area (Å²) in [7, 11) is -2.53. The van der Waals surface area contributed by atoms with Gasteiger partial charge in [-0.3, -0.25) is 29.1 Å². The van der Waals surface area contributed by atoms with Crippen molar-refractivity contribution in [3.8, 4) is 34.5 Å². The number of nitrogens with zero attached hydrogens (tertiary/aromatic N) is 4. The smallest absolute Gasteiger partial charge is 0.351 e. The maximum Gasteiger partial charge on any atom is 0.805 e. The zero-order chi connectivity index (χ0) is 36.3. The van der Waals surface area contributed by atoms with Gasteiger partial charge in [0.15, 0.2) is 23.1 Å². The van der Waals surface area contributed by atoms with Gasteiger partial charge in [0.25, 0.3) is 22.9 Å². The normalized spacial score (nSPS) is 10.6. The van der Waals surface area contributed by atoms with Gasteiger partial charge >= 0.3 is 8.25 Å². The average Bonchev–Trinajstić information content (AvgIpc) is 3.16. The fourth-order valence-electron chi connectivity index (χ4n) is 4.84. The van der Waals surface area contributed by atoms with Crippen LogP contribution in [0.15, 0.2) is 119 Å². The lowest BCUT2D eigenvalue weighted by Gasteiger charge is -2.06. The minimum atomic E-state index is -2.53. The summed E-state index contributed by atoms with van der Waals surface area (Å²) in [5.41, 5.74) is 1.36. The third-order valence-corrected chi connectivity index (χ3v) is 8.23. The molecule has 2 aromatic carbocycles. The molecule has 52 heavy (non-hydrogen) atoms. The lowest BCUT2D eigenvalue weighted by molar-refractivity contribution is 0.0944. The highest BCUT2D eigenvalue weighted by Crippen LogP contribution is 2.30. The molecular formula is C36H30N8O7P+. The van der Waals surface area contributed by atoms with E-state index in [2.05, 4.69) is 40.5 Å². The summed E-state index contributed by atoms with van der Waals surface area (Å²) in [6.07, 6.45) is 6.54. The monoisotopic (exact) mass is 717 g/mol. The molecule has 0 unspecified atom stereocenters. The van der Waals surface area contributed by atoms with Gasteiger partial charge in [-0.15, -0.1) is 0 Å². The molecule has 0 radical (unpaired) electrons. The van der Waals surface area contributed by atoms with Crippen LogP contribution in [0.4, 0.5) is 0 Å². The molecule has 6 rings (SSSR count). The Morgan fingerprint density at radius 2 is 1.02 bits per heavy atom. The molecule has 0 aliphatic heterocycles. The minimum Gasteiger partial charge on any atom is -0.351 e. The van der Waals surface area contributed by atoms with Gasteiger partial charge in [0.1, 0.15) is 22.5 Å². The first-order valence-electron chi connectivity index (χ1n) is 15.9. The Kier molecular flexibility index (Phi) is 11.2. The molecule has 0 aliphatic carbocycles. The summed E-state index contributed by atoms with van der Waals surface area (Å²) in [5, 5.41) is 5.42. The number of carbonyl (C=O) groups excluding carboxylic acids is 2. The highest BCUT2D eigenvalue weighted by atomic mass is 31.1. The van der Waals surface area contributed by atoms with E-state index in [9.17, 15) is 23.7 Å². The van der Waals surface area contributed by atoms with Gasteiger partial charge in [-0.2, -0.15) is 0 Å². The first kappa shape index (κ1) is 35.0. The Bertz CT molecular complexity index is 2140. The van der Waals surface area contributed by atoms with Crippen LogP contribution in [0.5, 0.6) is 11.5 Å². The summed E-state index contributed by atoms with van der Waals surface area (Å²) in [6, 6.07) is 24.0. The molecule has 260 valence electrons. The number of nitrogens with one attached hydrogen (secondary N) is 4. The Balaban J connectivity index is 0.907. The molecule has 0 saturated heterocycles. The highest BCUT2D eigenvalue weighted by Gasteiger charge is 2.24. The second-order valence-electron chi connectivity index (χ2n) is 11.1. The summed E-state index contributed by atoms with van der Waals surface area (Å²) < 4.78 is 23.3. The molecular weight excluding hydrogens is 687 g/mol. The summed E-state index contributed by atoms with van der Waals surface area (Å²) in [4.78, 5) is 71.7. The van der Waals surface area contributed by atoms with Crippen molar-refractivity contribution in [3.05, 3.63) is 153 Å². The number of carbonyl (C=O) groups is 2. The number of hydrogen-bond donors (Lipinski definition) is 4. The van der Waals surface area contributed by atoms with Crippen LogP contribution in [0.1, 0.15) is 31.8 Å². The predicted molar refractivity (Wildman–Crippen MR) is 190 cm³/mol. The van der Waals surface area contributed by atoms with Crippen LogP contribution in [-0.4, -0.2) is 54.8 Å². The van der Waals surface area contributed by atoms with Crippen LogP contribution in [0.25, 0.3) is 23.0 Å². The van der Waals surface area contributed by atoms with E-state index in [0.717, 1.165) is 11.1 Å². The third-order valence-electron chi connectivity index (χ3n) is 7.51. The van der Waals surface area contributed by atoms with Crippen LogP contribution < -0.4 is 30.8 Å². The number of rotatable bonds is 14. The largest absolute Gasteiger partial charge is 0.805 e. The molecule has 0 bridgehead atoms. The number of aromatic nitrogens is 6. The van der Waals surface area contributed by atoms with E-state index >= 15 is 0 Å². The van der Waals surface area contributed by atoms with Gasteiger partial charge in [0, 0.05) is 42.4 Å². The second-order valence-corrected chi connectivity index (χ2v) is 11.9. The summed E-state index contributed by atoms with van der Waals surface area (Å²) in [6.45, 7) is 0.525. The van der Waals surface area contributed by atoms with Crippen molar-refractivity contribution >= 4 is 20.1 Å². The maximum absolute atomic E-state index is 12.5. The molecule has 6 aromatic rings. The molecule has 15 nitrogen and oxygen atoms in total. The predicted octanol–water partition coefficient (Wildman–Crippen LogP) is 4.04. The maximum atomic E-state index is 12.5. The van der Waals surface area contributed by atoms with Crippen molar-refractivity contribution in [2.75, 3.05) is 13.1 Å². The quantitative estimate of drug-likeness (QED) is 0.118. The molecule has 4 aromatic heterocycles. The standard InChI is InChI=1S/C36H29N8O7P/c45-33(27-21-41-31(43-35(27)47)29-5-1-3-17-37-29)39-19-15-23-7-11-25(12-8-23)50-52(49)51-26-13-9-24(10-14-26)16-20-40-34(46)28-22-42-32(44-36(28)48)30-6-2-4-18-38-30/h1-14,17-18,21-22H,15-16,19-20H2,(H3-,39,40,41,42,43,44,45,46,47,48)/p+1. The molecule has 0 atom stereocenters. The van der Waals surface area contributed by atoms with Crippen molar-refractivity contribution in [1.29, 1.82) is 0 Å². The van der Waals surface area contributed by atoms with Crippen molar-refractivity contribution in [2.45, 2.75) is 12.8 Å². The number of H-pyrrole nitrogens is 2. The number of aromatic amines is 2. The van der Waals surface area contributed by atoms with Crippen molar-refractivity contribution in [2.24, 2.45) is 0 Å². The zero-order valence-corrected chi connectivity index (χ0v) is 28.2. The first-order valence-corrected chi connectivity index (χ1v) is 17.0. The van der Waals surface area contributed by atoms with Gasteiger partial charge in [-0.25, -0.2) is 19.0 Å². The highest BCUT2D eigenvalue weighted by molar-refractivity contribution is 7.34. The Labute approximate surface area is 296 Å². The van der Waals surface area contributed by atoms with Crippen LogP contribution in [-0.2, 0) is 17.4 Å². The molecule has 4 heterocycles. The van der Waals surface area contributed by atoms with Gasteiger partial charge in [-0.05, 0) is 72.5 Å². The molecule has 0 saturated carbocycles. The van der Waals surface area contributed by atoms with Gasteiger partial charge in [0.05, 0.1) is 0 Å². The molecule has 0 spiro atoms. The van der Waals surface area contributed by atoms with E-state index in [1.54, 1.807) is 97.3 Å². The van der Waals surface area contributed by atoms with Gasteiger partial charge in [-0.1, -0.05) is 36.4 Å². The fraction of sp³-hybridized carbons (Fsp3) is 0.111. The van der Waals surface area contributed by atoms with Gasteiger partial charge < -0.3 is 20.6 Å². The average molecular weight is 718 g/mol. The Hall–Kier alpha value is -6.86. The van der Waals surface area contributed by atoms with Crippen LogP contribution >= 0.6 is 8.25 Å². The summed E-state index contributed by atoms with van der Waals surface area (Å²) in [5.74, 6) is 0.0868. The summed E-state index contributed by atoms with van der Waals surface area (Å²) >= 11 is 0. The van der Waals surface area contributed by atoms with E-state index in [4.69, 9.17) is 9.05 Å². The lowest BCUT2D eigenvalue weighted by Crippen LogP contribution is -2.31. The Morgan fingerprint density at radius 1 is 0.596 bits per heavy atom. The van der Waals surface area contributed by atoms with Gasteiger partial charge in [0.2, 0.25) is 0 Å². The van der Waals surface area contributed by atoms with Crippen LogP contribution in [0.2, 0.25) is 0 Å². The molecule has 16 heteroatoms. The van der Waals surface area contributed by atoms with Crippen LogP contribution in [0, 0.1) is 0 Å². The van der Waals surface area contributed by atoms with E-state index in [-0.39, 0.29) is 35.9 Å². The second kappa shape index (κ2) is 16.7.